The largest absolute Gasteiger partial charge is 0.392 e. The Morgan fingerprint density at radius 2 is 2.40 bits per heavy atom. The summed E-state index contributed by atoms with van der Waals surface area (Å²) in [5.41, 5.74) is 6.37. The molecule has 0 spiro atoms. The molecule has 1 atom stereocenters. The van der Waals surface area contributed by atoms with Crippen molar-refractivity contribution in [2.75, 3.05) is 18.6 Å². The molecule has 0 bridgehead atoms. The van der Waals surface area contributed by atoms with Crippen molar-refractivity contribution in [3.8, 4) is 0 Å². The Morgan fingerprint density at radius 1 is 1.80 bits per heavy atom. The van der Waals surface area contributed by atoms with Gasteiger partial charge in [-0.1, -0.05) is 6.58 Å². The summed E-state index contributed by atoms with van der Waals surface area (Å²) in [6.07, 6.45) is 2.94. The van der Waals surface area contributed by atoms with Crippen LogP contribution in [0.1, 0.15) is 6.42 Å². The Bertz CT molecular complexity index is 106. The summed E-state index contributed by atoms with van der Waals surface area (Å²) in [6, 6.07) is -0.0301. The molecule has 0 aromatic heterocycles. The number of rotatable bonds is 5. The highest BCUT2D eigenvalue weighted by Gasteiger charge is 2.03. The van der Waals surface area contributed by atoms with E-state index < -0.39 is 0 Å². The first-order valence-electron chi connectivity index (χ1n) is 3.25. The molecule has 0 aliphatic carbocycles. The molecular formula is C7H15NOS. The third-order valence-corrected chi connectivity index (χ3v) is 2.00. The average molecular weight is 161 g/mol. The van der Waals surface area contributed by atoms with E-state index in [0.717, 1.165) is 17.7 Å². The van der Waals surface area contributed by atoms with Gasteiger partial charge in [-0.15, -0.1) is 0 Å². The molecule has 0 rings (SSSR count). The van der Waals surface area contributed by atoms with Gasteiger partial charge in [0.25, 0.3) is 0 Å². The van der Waals surface area contributed by atoms with Crippen molar-refractivity contribution in [2.24, 2.45) is 5.73 Å². The second-order valence-electron chi connectivity index (χ2n) is 2.20. The van der Waals surface area contributed by atoms with Gasteiger partial charge in [-0.2, -0.15) is 11.8 Å². The molecule has 2 nitrogen and oxygen atoms in total. The molecule has 3 heteroatoms. The molecule has 0 saturated heterocycles. The quantitative estimate of drug-likeness (QED) is 0.581. The summed E-state index contributed by atoms with van der Waals surface area (Å²) in [4.78, 5) is 0. The highest BCUT2D eigenvalue weighted by molar-refractivity contribution is 7.98. The van der Waals surface area contributed by atoms with E-state index >= 15 is 0 Å². The van der Waals surface area contributed by atoms with Gasteiger partial charge in [0.1, 0.15) is 0 Å². The molecule has 10 heavy (non-hydrogen) atoms. The van der Waals surface area contributed by atoms with Crippen molar-refractivity contribution in [1.29, 1.82) is 0 Å². The highest BCUT2D eigenvalue weighted by atomic mass is 32.2. The number of aliphatic hydroxyl groups is 1. The normalized spacial score (nSPS) is 13.1. The first kappa shape index (κ1) is 10.0. The Morgan fingerprint density at radius 3 is 2.80 bits per heavy atom. The maximum Gasteiger partial charge on any atom is 0.0654 e. The molecular weight excluding hydrogens is 146 g/mol. The fourth-order valence-corrected chi connectivity index (χ4v) is 1.06. The first-order chi connectivity index (χ1) is 4.72. The van der Waals surface area contributed by atoms with E-state index in [0.29, 0.717) is 0 Å². The van der Waals surface area contributed by atoms with Gasteiger partial charge in [0.2, 0.25) is 0 Å². The lowest BCUT2D eigenvalue weighted by Crippen LogP contribution is -2.24. The third kappa shape index (κ3) is 3.93. The van der Waals surface area contributed by atoms with Gasteiger partial charge < -0.3 is 10.8 Å². The van der Waals surface area contributed by atoms with Crippen molar-refractivity contribution >= 4 is 11.8 Å². The number of hydrogen-bond donors (Lipinski definition) is 2. The van der Waals surface area contributed by atoms with Crippen LogP contribution in [-0.4, -0.2) is 29.8 Å². The molecule has 3 N–H and O–H groups in total. The molecule has 0 saturated carbocycles. The van der Waals surface area contributed by atoms with E-state index in [9.17, 15) is 0 Å². The van der Waals surface area contributed by atoms with Crippen LogP contribution in [0.4, 0.5) is 0 Å². The molecule has 0 amide bonds. The minimum Gasteiger partial charge on any atom is -0.392 e. The van der Waals surface area contributed by atoms with E-state index in [2.05, 4.69) is 6.58 Å². The zero-order valence-electron chi connectivity index (χ0n) is 6.34. The maximum atomic E-state index is 8.62. The van der Waals surface area contributed by atoms with Crippen LogP contribution in [0.3, 0.4) is 0 Å². The number of aliphatic hydroxyl groups excluding tert-OH is 1. The molecule has 0 aliphatic heterocycles. The third-order valence-electron chi connectivity index (χ3n) is 1.36. The minimum absolute atomic E-state index is 0.00947. The van der Waals surface area contributed by atoms with Gasteiger partial charge in [-0.05, 0) is 24.0 Å². The Hall–Kier alpha value is 0.0100. The summed E-state index contributed by atoms with van der Waals surface area (Å²) in [5, 5.41) is 8.62. The molecule has 0 heterocycles. The van der Waals surface area contributed by atoms with E-state index in [1.54, 1.807) is 11.8 Å². The van der Waals surface area contributed by atoms with Gasteiger partial charge in [-0.3, -0.25) is 0 Å². The van der Waals surface area contributed by atoms with Crippen LogP contribution in [0.25, 0.3) is 0 Å². The van der Waals surface area contributed by atoms with Crippen molar-refractivity contribution in [3.05, 3.63) is 12.2 Å². The fraction of sp³-hybridized carbons (Fsp3) is 0.714. The molecule has 0 aromatic rings. The van der Waals surface area contributed by atoms with Crippen LogP contribution in [0, 0.1) is 0 Å². The fourth-order valence-electron chi connectivity index (χ4n) is 0.566. The minimum atomic E-state index is -0.0301. The summed E-state index contributed by atoms with van der Waals surface area (Å²) in [6.45, 7) is 3.65. The Kier molecular flexibility index (Phi) is 5.78. The summed E-state index contributed by atoms with van der Waals surface area (Å²) in [5.74, 6) is 1.03. The molecule has 0 fully saturated rings. The van der Waals surface area contributed by atoms with Crippen LogP contribution in [0.2, 0.25) is 0 Å². The number of thioether (sulfide) groups is 1. The smallest absolute Gasteiger partial charge is 0.0654 e. The van der Waals surface area contributed by atoms with Gasteiger partial charge >= 0.3 is 0 Å². The maximum absolute atomic E-state index is 8.62. The van der Waals surface area contributed by atoms with Crippen molar-refractivity contribution in [1.82, 2.24) is 0 Å². The number of hydrogen-bond acceptors (Lipinski definition) is 3. The molecule has 0 unspecified atom stereocenters. The van der Waals surface area contributed by atoms with E-state index in [-0.39, 0.29) is 12.6 Å². The van der Waals surface area contributed by atoms with Gasteiger partial charge in [0.05, 0.1) is 6.61 Å². The zero-order chi connectivity index (χ0) is 7.98. The van der Waals surface area contributed by atoms with E-state index in [4.69, 9.17) is 10.8 Å². The molecule has 0 aliphatic rings. The Labute approximate surface area is 66.5 Å². The first-order valence-corrected chi connectivity index (χ1v) is 4.64. The van der Waals surface area contributed by atoms with Crippen LogP contribution in [0.15, 0.2) is 12.2 Å². The second-order valence-corrected chi connectivity index (χ2v) is 3.19. The topological polar surface area (TPSA) is 46.2 Å². The summed E-state index contributed by atoms with van der Waals surface area (Å²) in [7, 11) is 0. The SMILES string of the molecule is C=C(CO)[C@@H](N)CCSC. The standard InChI is InChI=1S/C7H15NOS/c1-6(5-9)7(8)3-4-10-2/h7,9H,1,3-5,8H2,2H3/t7-/m0/s1. The van der Waals surface area contributed by atoms with Crippen molar-refractivity contribution < 1.29 is 5.11 Å². The Balaban J connectivity index is 3.41. The predicted octanol–water partition coefficient (Wildman–Crippen LogP) is 0.615. The summed E-state index contributed by atoms with van der Waals surface area (Å²) < 4.78 is 0. The van der Waals surface area contributed by atoms with Gasteiger partial charge in [0, 0.05) is 6.04 Å². The van der Waals surface area contributed by atoms with Crippen molar-refractivity contribution in [3.63, 3.8) is 0 Å². The predicted molar refractivity (Wildman–Crippen MR) is 47.2 cm³/mol. The van der Waals surface area contributed by atoms with Crippen LogP contribution in [-0.2, 0) is 0 Å². The molecule has 0 aromatic carbocycles. The van der Waals surface area contributed by atoms with Gasteiger partial charge in [-0.25, -0.2) is 0 Å². The molecule has 60 valence electrons. The lowest BCUT2D eigenvalue weighted by Gasteiger charge is -2.10. The van der Waals surface area contributed by atoms with E-state index in [1.807, 2.05) is 6.26 Å². The lowest BCUT2D eigenvalue weighted by atomic mass is 10.1. The van der Waals surface area contributed by atoms with E-state index in [1.165, 1.54) is 0 Å². The van der Waals surface area contributed by atoms with Crippen molar-refractivity contribution in [2.45, 2.75) is 12.5 Å². The number of nitrogens with two attached hydrogens (primary N) is 1. The lowest BCUT2D eigenvalue weighted by molar-refractivity contribution is 0.322. The zero-order valence-corrected chi connectivity index (χ0v) is 7.16. The van der Waals surface area contributed by atoms with Crippen LogP contribution in [0.5, 0.6) is 0 Å². The molecule has 0 radical (unpaired) electrons. The van der Waals surface area contributed by atoms with Gasteiger partial charge in [0.15, 0.2) is 0 Å². The monoisotopic (exact) mass is 161 g/mol. The second kappa shape index (κ2) is 5.77. The average Bonchev–Trinajstić information content (AvgIpc) is 1.98. The summed E-state index contributed by atoms with van der Waals surface area (Å²) >= 11 is 1.76. The van der Waals surface area contributed by atoms with Crippen LogP contribution < -0.4 is 5.73 Å². The highest BCUT2D eigenvalue weighted by Crippen LogP contribution is 2.04. The van der Waals surface area contributed by atoms with Crippen LogP contribution >= 0.6 is 11.8 Å².